The maximum absolute atomic E-state index is 13.2. The lowest BCUT2D eigenvalue weighted by Gasteiger charge is -2.25. The van der Waals surface area contributed by atoms with Crippen LogP contribution in [0.5, 0.6) is 0 Å². The molecule has 0 aliphatic carbocycles. The van der Waals surface area contributed by atoms with Gasteiger partial charge in [0.1, 0.15) is 5.82 Å². The number of aromatic nitrogens is 2. The second kappa shape index (κ2) is 11.2. The van der Waals surface area contributed by atoms with Gasteiger partial charge in [0.05, 0.1) is 30.8 Å². The topological polar surface area (TPSA) is 93.5 Å². The Hall–Kier alpha value is -2.46. The maximum Gasteiger partial charge on any atom is 0.317 e. The number of ether oxygens (including phenoxy) is 1. The van der Waals surface area contributed by atoms with Crippen LogP contribution in [0.15, 0.2) is 35.6 Å². The molecule has 1 N–H and O–H groups in total. The van der Waals surface area contributed by atoms with E-state index in [-0.39, 0.29) is 42.6 Å². The fourth-order valence-corrected chi connectivity index (χ4v) is 4.69. The van der Waals surface area contributed by atoms with Gasteiger partial charge in [0, 0.05) is 26.7 Å². The van der Waals surface area contributed by atoms with Crippen molar-refractivity contribution in [3.05, 3.63) is 47.5 Å². The number of carbonyl (C=O) groups is 1. The predicted octanol–water partition coefficient (Wildman–Crippen LogP) is 2.83. The highest BCUT2D eigenvalue weighted by atomic mass is 32.2. The molecule has 0 atom stereocenters. The van der Waals surface area contributed by atoms with E-state index in [4.69, 9.17) is 4.74 Å². The van der Waals surface area contributed by atoms with E-state index < -0.39 is 15.7 Å². The van der Waals surface area contributed by atoms with E-state index >= 15 is 0 Å². The summed E-state index contributed by atoms with van der Waals surface area (Å²) in [7, 11) is -2.27. The van der Waals surface area contributed by atoms with E-state index in [1.165, 1.54) is 37.6 Å². The van der Waals surface area contributed by atoms with E-state index in [1.807, 2.05) is 20.8 Å². The molecule has 0 saturated carbocycles. The Balaban J connectivity index is 2.36. The van der Waals surface area contributed by atoms with Crippen LogP contribution in [-0.2, 0) is 33.4 Å². The summed E-state index contributed by atoms with van der Waals surface area (Å²) < 4.78 is 46.0. The van der Waals surface area contributed by atoms with Crippen molar-refractivity contribution in [3.63, 3.8) is 0 Å². The number of halogens is 1. The number of benzene rings is 1. The van der Waals surface area contributed by atoms with Crippen molar-refractivity contribution < 1.29 is 22.3 Å². The lowest BCUT2D eigenvalue weighted by Crippen LogP contribution is -2.41. The van der Waals surface area contributed by atoms with Crippen LogP contribution in [0.3, 0.4) is 0 Å². The number of sulfone groups is 1. The summed E-state index contributed by atoms with van der Waals surface area (Å²) in [6.45, 7) is 7.64. The number of nitrogens with zero attached hydrogens (tertiary/aromatic N) is 3. The maximum atomic E-state index is 13.2. The highest BCUT2D eigenvalue weighted by Gasteiger charge is 2.26. The number of imidazole rings is 1. The molecule has 8 nitrogen and oxygen atoms in total. The summed E-state index contributed by atoms with van der Waals surface area (Å²) in [5.41, 5.74) is 1.06. The summed E-state index contributed by atoms with van der Waals surface area (Å²) in [5.74, 6) is -0.497. The van der Waals surface area contributed by atoms with E-state index in [0.29, 0.717) is 24.3 Å². The molecule has 0 aliphatic heterocycles. The van der Waals surface area contributed by atoms with Crippen LogP contribution in [-0.4, -0.2) is 55.7 Å². The zero-order chi connectivity index (χ0) is 23.0. The SMILES string of the molecule is CCNC(=O)N(Cc1cnc(S(=O)(=O)Cc2ccc(F)cc2)n1CCOC)CC(C)C. The number of carbonyl (C=O) groups excluding carboxylic acids is 1. The van der Waals surface area contributed by atoms with Crippen LogP contribution in [0.2, 0.25) is 0 Å². The van der Waals surface area contributed by atoms with Crippen LogP contribution in [0.1, 0.15) is 32.0 Å². The molecular weight excluding hydrogens is 423 g/mol. The third-order valence-corrected chi connectivity index (χ3v) is 6.12. The van der Waals surface area contributed by atoms with Gasteiger partial charge in [-0.1, -0.05) is 26.0 Å². The normalized spacial score (nSPS) is 11.7. The minimum absolute atomic E-state index is 0.0933. The Labute approximate surface area is 183 Å². The van der Waals surface area contributed by atoms with E-state index in [2.05, 4.69) is 10.3 Å². The monoisotopic (exact) mass is 454 g/mol. The molecule has 0 radical (unpaired) electrons. The Kier molecular flexibility index (Phi) is 9.00. The summed E-state index contributed by atoms with van der Waals surface area (Å²) in [5, 5.41) is 2.70. The molecule has 172 valence electrons. The Morgan fingerprint density at radius 3 is 2.55 bits per heavy atom. The van der Waals surface area contributed by atoms with Gasteiger partial charge in [0.15, 0.2) is 0 Å². The summed E-state index contributed by atoms with van der Waals surface area (Å²) in [6, 6.07) is 5.12. The Bertz CT molecular complexity index is 958. The number of nitrogens with one attached hydrogen (secondary N) is 1. The first kappa shape index (κ1) is 24.8. The molecule has 0 unspecified atom stereocenters. The molecule has 0 spiro atoms. The largest absolute Gasteiger partial charge is 0.383 e. The first-order valence-electron chi connectivity index (χ1n) is 10.2. The average molecular weight is 455 g/mol. The van der Waals surface area contributed by atoms with Crippen LogP contribution in [0, 0.1) is 11.7 Å². The zero-order valence-corrected chi connectivity index (χ0v) is 19.3. The minimum Gasteiger partial charge on any atom is -0.383 e. The summed E-state index contributed by atoms with van der Waals surface area (Å²) >= 11 is 0. The van der Waals surface area contributed by atoms with Crippen molar-refractivity contribution in [1.29, 1.82) is 0 Å². The third-order valence-electron chi connectivity index (χ3n) is 4.52. The molecule has 0 fully saturated rings. The van der Waals surface area contributed by atoms with Gasteiger partial charge in [-0.05, 0) is 30.5 Å². The van der Waals surface area contributed by atoms with Gasteiger partial charge in [0.2, 0.25) is 15.0 Å². The highest BCUT2D eigenvalue weighted by molar-refractivity contribution is 7.90. The number of hydrogen-bond acceptors (Lipinski definition) is 5. The molecule has 10 heteroatoms. The quantitative estimate of drug-likeness (QED) is 0.564. The predicted molar refractivity (Wildman–Crippen MR) is 116 cm³/mol. The number of urea groups is 1. The van der Waals surface area contributed by atoms with Gasteiger partial charge in [-0.25, -0.2) is 22.6 Å². The molecule has 1 aromatic carbocycles. The summed E-state index contributed by atoms with van der Waals surface area (Å²) in [4.78, 5) is 18.3. The summed E-state index contributed by atoms with van der Waals surface area (Å²) in [6.07, 6.45) is 1.49. The molecule has 1 heterocycles. The average Bonchev–Trinajstić information content (AvgIpc) is 3.10. The lowest BCUT2D eigenvalue weighted by atomic mass is 10.2. The molecular formula is C21H31FN4O4S. The number of amides is 2. The van der Waals surface area contributed by atoms with Gasteiger partial charge in [-0.3, -0.25) is 0 Å². The van der Waals surface area contributed by atoms with Crippen LogP contribution >= 0.6 is 0 Å². The molecule has 0 saturated heterocycles. The second-order valence-corrected chi connectivity index (χ2v) is 9.56. The fraction of sp³-hybridized carbons (Fsp3) is 0.524. The van der Waals surface area contributed by atoms with Crippen molar-refractivity contribution in [2.75, 3.05) is 26.8 Å². The number of rotatable bonds is 11. The van der Waals surface area contributed by atoms with Crippen molar-refractivity contribution in [1.82, 2.24) is 19.8 Å². The first-order chi connectivity index (χ1) is 14.7. The van der Waals surface area contributed by atoms with E-state index in [9.17, 15) is 17.6 Å². The Morgan fingerprint density at radius 2 is 1.97 bits per heavy atom. The number of hydrogen-bond donors (Lipinski definition) is 1. The van der Waals surface area contributed by atoms with E-state index in [1.54, 1.807) is 9.47 Å². The third kappa shape index (κ3) is 7.03. The van der Waals surface area contributed by atoms with Crippen LogP contribution in [0.4, 0.5) is 9.18 Å². The van der Waals surface area contributed by atoms with Gasteiger partial charge in [-0.2, -0.15) is 0 Å². The van der Waals surface area contributed by atoms with Crippen molar-refractivity contribution in [2.24, 2.45) is 5.92 Å². The van der Waals surface area contributed by atoms with Gasteiger partial charge >= 0.3 is 6.03 Å². The van der Waals surface area contributed by atoms with Gasteiger partial charge in [-0.15, -0.1) is 0 Å². The zero-order valence-electron chi connectivity index (χ0n) is 18.5. The number of methoxy groups -OCH3 is 1. The van der Waals surface area contributed by atoms with E-state index in [0.717, 1.165) is 0 Å². The highest BCUT2D eigenvalue weighted by Crippen LogP contribution is 2.19. The fourth-order valence-electron chi connectivity index (χ4n) is 3.17. The second-order valence-electron chi connectivity index (χ2n) is 7.67. The lowest BCUT2D eigenvalue weighted by molar-refractivity contribution is 0.176. The van der Waals surface area contributed by atoms with Crippen molar-refractivity contribution in [3.8, 4) is 0 Å². The molecule has 0 aliphatic rings. The molecule has 2 aromatic rings. The Morgan fingerprint density at radius 1 is 1.29 bits per heavy atom. The molecule has 2 rings (SSSR count). The van der Waals surface area contributed by atoms with Crippen molar-refractivity contribution in [2.45, 2.75) is 44.8 Å². The first-order valence-corrected chi connectivity index (χ1v) is 11.9. The molecule has 31 heavy (non-hydrogen) atoms. The minimum atomic E-state index is -3.80. The van der Waals surface area contributed by atoms with Gasteiger partial charge < -0.3 is 19.5 Å². The molecule has 2 amide bonds. The van der Waals surface area contributed by atoms with Crippen LogP contribution in [0.25, 0.3) is 0 Å². The standard InChI is InChI=1S/C21H31FN4O4S/c1-5-23-20(27)25(13-16(2)3)14-19-12-24-21(26(19)10-11-30-4)31(28,29)15-17-6-8-18(22)9-7-17/h6-9,12,16H,5,10-11,13-15H2,1-4H3,(H,23,27). The van der Waals surface area contributed by atoms with Gasteiger partial charge in [0.25, 0.3) is 0 Å². The van der Waals surface area contributed by atoms with Crippen LogP contribution < -0.4 is 5.32 Å². The van der Waals surface area contributed by atoms with Crippen molar-refractivity contribution >= 4 is 15.9 Å². The molecule has 1 aromatic heterocycles. The smallest absolute Gasteiger partial charge is 0.317 e. The molecule has 0 bridgehead atoms.